The Kier molecular flexibility index (Phi) is 3.44. The smallest absolute Gasteiger partial charge is 0.174 e. The van der Waals surface area contributed by atoms with Crippen molar-refractivity contribution in [3.8, 4) is 17.1 Å². The van der Waals surface area contributed by atoms with Crippen molar-refractivity contribution >= 4 is 0 Å². The van der Waals surface area contributed by atoms with Gasteiger partial charge in [-0.3, -0.25) is 0 Å². The summed E-state index contributed by atoms with van der Waals surface area (Å²) in [6.45, 7) is 2.50. The van der Waals surface area contributed by atoms with E-state index in [0.29, 0.717) is 6.54 Å². The van der Waals surface area contributed by atoms with Crippen molar-refractivity contribution in [1.29, 1.82) is 0 Å². The molecule has 0 saturated heterocycles. The summed E-state index contributed by atoms with van der Waals surface area (Å²) >= 11 is 0. The van der Waals surface area contributed by atoms with E-state index in [2.05, 4.69) is 5.16 Å². The van der Waals surface area contributed by atoms with Crippen molar-refractivity contribution < 1.29 is 9.26 Å². The minimum Gasteiger partial charge on any atom is -0.496 e. The van der Waals surface area contributed by atoms with Crippen LogP contribution in [0.2, 0.25) is 0 Å². The van der Waals surface area contributed by atoms with Crippen LogP contribution in [0, 0.1) is 6.92 Å². The fraction of sp³-hybridized carbons (Fsp3) is 0.308. The Morgan fingerprint density at radius 3 is 2.82 bits per heavy atom. The molecule has 90 valence electrons. The van der Waals surface area contributed by atoms with Crippen LogP contribution in [0.25, 0.3) is 11.3 Å². The minimum absolute atomic E-state index is 0.574. The number of nitrogens with two attached hydrogens (primary N) is 1. The molecule has 0 amide bonds. The van der Waals surface area contributed by atoms with Gasteiger partial charge in [0, 0.05) is 5.56 Å². The molecular formula is C13H16N2O2. The summed E-state index contributed by atoms with van der Waals surface area (Å²) in [4.78, 5) is 0. The van der Waals surface area contributed by atoms with Crippen LogP contribution in [0.5, 0.6) is 5.75 Å². The molecule has 0 radical (unpaired) electrons. The molecule has 0 bridgehead atoms. The van der Waals surface area contributed by atoms with Crippen molar-refractivity contribution in [1.82, 2.24) is 5.16 Å². The molecule has 0 saturated carbocycles. The highest BCUT2D eigenvalue weighted by Crippen LogP contribution is 2.33. The Morgan fingerprint density at radius 2 is 2.12 bits per heavy atom. The van der Waals surface area contributed by atoms with Gasteiger partial charge in [-0.25, -0.2) is 0 Å². The van der Waals surface area contributed by atoms with Gasteiger partial charge >= 0.3 is 0 Å². The Bertz CT molecular complexity index is 506. The van der Waals surface area contributed by atoms with Crippen LogP contribution in [0.3, 0.4) is 0 Å². The first-order chi connectivity index (χ1) is 8.27. The highest BCUT2D eigenvalue weighted by atomic mass is 16.5. The van der Waals surface area contributed by atoms with Crippen molar-refractivity contribution in [2.24, 2.45) is 5.73 Å². The summed E-state index contributed by atoms with van der Waals surface area (Å²) in [5.74, 6) is 1.53. The molecule has 0 fully saturated rings. The number of nitrogens with zero attached hydrogens (tertiary/aromatic N) is 1. The van der Waals surface area contributed by atoms with E-state index in [0.717, 1.165) is 34.8 Å². The molecule has 0 atom stereocenters. The Hall–Kier alpha value is -1.81. The number of aromatic nitrogens is 1. The molecule has 2 aromatic rings. The van der Waals surface area contributed by atoms with E-state index in [1.54, 1.807) is 7.11 Å². The summed E-state index contributed by atoms with van der Waals surface area (Å²) in [5.41, 5.74) is 8.46. The number of benzene rings is 1. The van der Waals surface area contributed by atoms with Gasteiger partial charge in [0.05, 0.1) is 18.4 Å². The first-order valence-corrected chi connectivity index (χ1v) is 5.56. The predicted molar refractivity (Wildman–Crippen MR) is 66.0 cm³/mol. The van der Waals surface area contributed by atoms with E-state index < -0.39 is 0 Å². The highest BCUT2D eigenvalue weighted by molar-refractivity contribution is 5.69. The summed E-state index contributed by atoms with van der Waals surface area (Å²) in [6.07, 6.45) is 0.753. The van der Waals surface area contributed by atoms with Crippen molar-refractivity contribution in [2.75, 3.05) is 13.7 Å². The molecular weight excluding hydrogens is 216 g/mol. The largest absolute Gasteiger partial charge is 0.496 e. The lowest BCUT2D eigenvalue weighted by Gasteiger charge is -2.06. The summed E-state index contributed by atoms with van der Waals surface area (Å²) in [7, 11) is 1.64. The maximum absolute atomic E-state index is 5.61. The maximum atomic E-state index is 5.61. The number of ether oxygens (including phenoxy) is 1. The molecule has 4 heteroatoms. The Balaban J connectivity index is 2.52. The molecule has 0 aliphatic heterocycles. The number of hydrogen-bond acceptors (Lipinski definition) is 4. The lowest BCUT2D eigenvalue weighted by atomic mass is 10.0. The predicted octanol–water partition coefficient (Wildman–Crippen LogP) is 2.16. The quantitative estimate of drug-likeness (QED) is 0.877. The zero-order valence-corrected chi connectivity index (χ0v) is 10.1. The molecule has 2 rings (SSSR count). The SMILES string of the molecule is COc1ccccc1-c1onc(C)c1CCN. The van der Waals surface area contributed by atoms with Gasteiger partial charge in [0.25, 0.3) is 0 Å². The summed E-state index contributed by atoms with van der Waals surface area (Å²) in [6, 6.07) is 7.73. The van der Waals surface area contributed by atoms with Crippen LogP contribution in [-0.2, 0) is 6.42 Å². The van der Waals surface area contributed by atoms with E-state index in [1.807, 2.05) is 31.2 Å². The minimum atomic E-state index is 0.574. The van der Waals surface area contributed by atoms with Gasteiger partial charge in [0.2, 0.25) is 0 Å². The number of para-hydroxylation sites is 1. The second-order valence-corrected chi connectivity index (χ2v) is 3.81. The molecule has 0 unspecified atom stereocenters. The number of rotatable bonds is 4. The van der Waals surface area contributed by atoms with Crippen LogP contribution in [0.15, 0.2) is 28.8 Å². The van der Waals surface area contributed by atoms with Crippen LogP contribution in [0.1, 0.15) is 11.3 Å². The highest BCUT2D eigenvalue weighted by Gasteiger charge is 2.17. The molecule has 1 aromatic carbocycles. The van der Waals surface area contributed by atoms with E-state index in [4.69, 9.17) is 15.0 Å². The fourth-order valence-electron chi connectivity index (χ4n) is 1.87. The summed E-state index contributed by atoms with van der Waals surface area (Å²) in [5, 5.41) is 4.00. The normalized spacial score (nSPS) is 10.5. The molecule has 2 N–H and O–H groups in total. The molecule has 0 spiro atoms. The van der Waals surface area contributed by atoms with Gasteiger partial charge in [-0.05, 0) is 32.0 Å². The maximum Gasteiger partial charge on any atom is 0.174 e. The lowest BCUT2D eigenvalue weighted by Crippen LogP contribution is -2.04. The van der Waals surface area contributed by atoms with E-state index >= 15 is 0 Å². The molecule has 1 aromatic heterocycles. The topological polar surface area (TPSA) is 61.3 Å². The molecule has 17 heavy (non-hydrogen) atoms. The van der Waals surface area contributed by atoms with Gasteiger partial charge in [-0.2, -0.15) is 0 Å². The third kappa shape index (κ3) is 2.17. The zero-order chi connectivity index (χ0) is 12.3. The zero-order valence-electron chi connectivity index (χ0n) is 10.1. The number of hydrogen-bond donors (Lipinski definition) is 1. The molecule has 0 aliphatic rings. The van der Waals surface area contributed by atoms with Crippen molar-refractivity contribution in [3.05, 3.63) is 35.5 Å². The lowest BCUT2D eigenvalue weighted by molar-refractivity contribution is 0.404. The summed E-state index contributed by atoms with van der Waals surface area (Å²) < 4.78 is 10.7. The third-order valence-corrected chi connectivity index (χ3v) is 2.73. The van der Waals surface area contributed by atoms with E-state index in [-0.39, 0.29) is 0 Å². The van der Waals surface area contributed by atoms with Crippen LogP contribution in [0.4, 0.5) is 0 Å². The molecule has 1 heterocycles. The second kappa shape index (κ2) is 5.01. The van der Waals surface area contributed by atoms with Crippen LogP contribution < -0.4 is 10.5 Å². The van der Waals surface area contributed by atoms with Gasteiger partial charge in [-0.15, -0.1) is 0 Å². The number of methoxy groups -OCH3 is 1. The number of aryl methyl sites for hydroxylation is 1. The van der Waals surface area contributed by atoms with Crippen LogP contribution in [-0.4, -0.2) is 18.8 Å². The van der Waals surface area contributed by atoms with E-state index in [1.165, 1.54) is 0 Å². The Morgan fingerprint density at radius 1 is 1.35 bits per heavy atom. The average molecular weight is 232 g/mol. The van der Waals surface area contributed by atoms with Gasteiger partial charge < -0.3 is 15.0 Å². The second-order valence-electron chi connectivity index (χ2n) is 3.81. The Labute approximate surface area is 100 Å². The van der Waals surface area contributed by atoms with Gasteiger partial charge in [0.1, 0.15) is 5.75 Å². The van der Waals surface area contributed by atoms with Gasteiger partial charge in [-0.1, -0.05) is 17.3 Å². The van der Waals surface area contributed by atoms with Crippen molar-refractivity contribution in [3.63, 3.8) is 0 Å². The van der Waals surface area contributed by atoms with Crippen molar-refractivity contribution in [2.45, 2.75) is 13.3 Å². The van der Waals surface area contributed by atoms with Gasteiger partial charge in [0.15, 0.2) is 5.76 Å². The average Bonchev–Trinajstić information content (AvgIpc) is 2.72. The monoisotopic (exact) mass is 232 g/mol. The first-order valence-electron chi connectivity index (χ1n) is 5.56. The standard InChI is InChI=1S/C13H16N2O2/c1-9-10(7-8-14)13(17-15-9)11-5-3-4-6-12(11)16-2/h3-6H,7-8,14H2,1-2H3. The van der Waals surface area contributed by atoms with E-state index in [9.17, 15) is 0 Å². The molecule has 4 nitrogen and oxygen atoms in total. The third-order valence-electron chi connectivity index (χ3n) is 2.73. The molecule has 0 aliphatic carbocycles. The first kappa shape index (κ1) is 11.7. The fourth-order valence-corrected chi connectivity index (χ4v) is 1.87. The van der Waals surface area contributed by atoms with Crippen LogP contribution >= 0.6 is 0 Å².